The first-order valence-electron chi connectivity index (χ1n) is 8.29. The number of aliphatic hydroxyl groups is 1. The third-order valence-electron chi connectivity index (χ3n) is 3.80. The number of rotatable bonds is 7. The summed E-state index contributed by atoms with van der Waals surface area (Å²) in [6.45, 7) is 0.766. The molecule has 0 aliphatic carbocycles. The van der Waals surface area contributed by atoms with E-state index >= 15 is 0 Å². The van der Waals surface area contributed by atoms with Crippen LogP contribution in [0.25, 0.3) is 0 Å². The van der Waals surface area contributed by atoms with Gasteiger partial charge in [-0.15, -0.1) is 0 Å². The van der Waals surface area contributed by atoms with Crippen molar-refractivity contribution in [3.05, 3.63) is 30.1 Å². The van der Waals surface area contributed by atoms with Crippen molar-refractivity contribution in [1.82, 2.24) is 14.9 Å². The summed E-state index contributed by atoms with van der Waals surface area (Å²) in [5, 5.41) is 15.2. The summed E-state index contributed by atoms with van der Waals surface area (Å²) >= 11 is 1.18. The number of imidazole rings is 1. The van der Waals surface area contributed by atoms with Crippen LogP contribution in [0.5, 0.6) is 11.5 Å². The number of carbonyl (C=O) groups is 2. The number of amides is 2. The summed E-state index contributed by atoms with van der Waals surface area (Å²) < 4.78 is 12.5. The van der Waals surface area contributed by atoms with E-state index in [9.17, 15) is 14.7 Å². The molecule has 1 aliphatic heterocycles. The molecule has 1 aromatic heterocycles. The first-order chi connectivity index (χ1) is 13.1. The van der Waals surface area contributed by atoms with Crippen molar-refractivity contribution in [3.8, 4) is 11.5 Å². The second-order valence-electron chi connectivity index (χ2n) is 5.64. The number of nitrogens with zero attached hydrogens (tertiary/aromatic N) is 2. The van der Waals surface area contributed by atoms with Gasteiger partial charge in [0.05, 0.1) is 24.3 Å². The van der Waals surface area contributed by atoms with E-state index in [4.69, 9.17) is 9.47 Å². The van der Waals surface area contributed by atoms with Crippen LogP contribution in [0, 0.1) is 0 Å². The Morgan fingerprint density at radius 2 is 2.04 bits per heavy atom. The molecule has 3 rings (SSSR count). The molecule has 0 radical (unpaired) electrons. The van der Waals surface area contributed by atoms with E-state index < -0.39 is 0 Å². The quantitative estimate of drug-likeness (QED) is 0.592. The zero-order valence-electron chi connectivity index (χ0n) is 14.7. The fraction of sp³-hybridized carbons (Fsp3) is 0.353. The Morgan fingerprint density at radius 3 is 2.78 bits per heavy atom. The molecular weight excluding hydrogens is 372 g/mol. The molecule has 10 heteroatoms. The van der Waals surface area contributed by atoms with Crippen LogP contribution in [0.1, 0.15) is 5.69 Å². The average Bonchev–Trinajstić information content (AvgIpc) is 3.07. The predicted octanol–water partition coefficient (Wildman–Crippen LogP) is 0.623. The van der Waals surface area contributed by atoms with E-state index in [1.807, 2.05) is 0 Å². The van der Waals surface area contributed by atoms with Crippen molar-refractivity contribution >= 4 is 29.3 Å². The third-order valence-corrected chi connectivity index (χ3v) is 4.79. The summed E-state index contributed by atoms with van der Waals surface area (Å²) in [4.78, 5) is 28.1. The number of thioether (sulfide) groups is 1. The number of fused-ring (bicyclic) bond motifs is 1. The molecule has 144 valence electrons. The van der Waals surface area contributed by atoms with Crippen molar-refractivity contribution in [2.24, 2.45) is 0 Å². The van der Waals surface area contributed by atoms with Crippen LogP contribution < -0.4 is 20.1 Å². The lowest BCUT2D eigenvalue weighted by molar-refractivity contribution is -0.121. The summed E-state index contributed by atoms with van der Waals surface area (Å²) in [7, 11) is 1.53. The molecule has 3 N–H and O–H groups in total. The smallest absolute Gasteiger partial charge is 0.239 e. The van der Waals surface area contributed by atoms with Gasteiger partial charge in [0.2, 0.25) is 11.8 Å². The predicted molar refractivity (Wildman–Crippen MR) is 99.0 cm³/mol. The second kappa shape index (κ2) is 8.78. The average molecular weight is 392 g/mol. The standard InChI is InChI=1S/C17H20N4O5S/c1-18-15(23)8-21-12(9-22)7-19-17(21)27-10-16(24)20-11-2-3-13-14(6-11)26-5-4-25-13/h2-3,6-7,22H,4-5,8-10H2,1H3,(H,18,23)(H,20,24). The summed E-state index contributed by atoms with van der Waals surface area (Å²) in [6.07, 6.45) is 1.49. The molecule has 1 aliphatic rings. The van der Waals surface area contributed by atoms with Gasteiger partial charge < -0.3 is 29.8 Å². The van der Waals surface area contributed by atoms with Gasteiger partial charge >= 0.3 is 0 Å². The first-order valence-corrected chi connectivity index (χ1v) is 9.27. The van der Waals surface area contributed by atoms with Crippen LogP contribution in [-0.4, -0.2) is 52.5 Å². The van der Waals surface area contributed by atoms with E-state index in [0.717, 1.165) is 0 Å². The van der Waals surface area contributed by atoms with Crippen LogP contribution in [0.15, 0.2) is 29.6 Å². The maximum Gasteiger partial charge on any atom is 0.239 e. The molecule has 2 heterocycles. The Hall–Kier alpha value is -2.72. The van der Waals surface area contributed by atoms with Crippen LogP contribution in [0.3, 0.4) is 0 Å². The van der Waals surface area contributed by atoms with Gasteiger partial charge in [-0.05, 0) is 12.1 Å². The number of carbonyl (C=O) groups excluding carboxylic acids is 2. The van der Waals surface area contributed by atoms with Gasteiger partial charge in [0.1, 0.15) is 19.8 Å². The van der Waals surface area contributed by atoms with Gasteiger partial charge in [-0.2, -0.15) is 0 Å². The largest absolute Gasteiger partial charge is 0.486 e. The minimum Gasteiger partial charge on any atom is -0.486 e. The van der Waals surface area contributed by atoms with Crippen molar-refractivity contribution in [2.75, 3.05) is 31.3 Å². The molecular formula is C17H20N4O5S. The Labute approximate surface area is 160 Å². The molecule has 27 heavy (non-hydrogen) atoms. The van der Waals surface area contributed by atoms with Gasteiger partial charge in [0.25, 0.3) is 0 Å². The lowest BCUT2D eigenvalue weighted by Crippen LogP contribution is -2.25. The second-order valence-corrected chi connectivity index (χ2v) is 6.59. The molecule has 0 fully saturated rings. The molecule has 0 bridgehead atoms. The molecule has 0 spiro atoms. The van der Waals surface area contributed by atoms with Gasteiger partial charge in [-0.3, -0.25) is 9.59 Å². The van der Waals surface area contributed by atoms with E-state index in [1.165, 1.54) is 25.0 Å². The summed E-state index contributed by atoms with van der Waals surface area (Å²) in [6, 6.07) is 5.21. The molecule has 2 amide bonds. The third kappa shape index (κ3) is 4.72. The highest BCUT2D eigenvalue weighted by molar-refractivity contribution is 7.99. The maximum atomic E-state index is 12.3. The summed E-state index contributed by atoms with van der Waals surface area (Å²) in [5.74, 6) is 0.910. The zero-order chi connectivity index (χ0) is 19.2. The maximum absolute atomic E-state index is 12.3. The number of aromatic nitrogens is 2. The lowest BCUT2D eigenvalue weighted by atomic mass is 10.2. The van der Waals surface area contributed by atoms with Crippen LogP contribution in [0.4, 0.5) is 5.69 Å². The van der Waals surface area contributed by atoms with Gasteiger partial charge in [-0.1, -0.05) is 11.8 Å². The highest BCUT2D eigenvalue weighted by Crippen LogP contribution is 2.32. The molecule has 9 nitrogen and oxygen atoms in total. The molecule has 2 aromatic rings. The topological polar surface area (TPSA) is 115 Å². The number of hydrogen-bond acceptors (Lipinski definition) is 7. The Balaban J connectivity index is 1.61. The Bertz CT molecular complexity index is 839. The number of aliphatic hydroxyl groups excluding tert-OH is 1. The van der Waals surface area contributed by atoms with Crippen LogP contribution in [0.2, 0.25) is 0 Å². The molecule has 0 atom stereocenters. The highest BCUT2D eigenvalue weighted by atomic mass is 32.2. The Morgan fingerprint density at radius 1 is 1.26 bits per heavy atom. The number of hydrogen-bond donors (Lipinski definition) is 3. The fourth-order valence-electron chi connectivity index (χ4n) is 2.47. The van der Waals surface area contributed by atoms with Crippen LogP contribution in [-0.2, 0) is 22.7 Å². The summed E-state index contributed by atoms with van der Waals surface area (Å²) in [5.41, 5.74) is 1.11. The lowest BCUT2D eigenvalue weighted by Gasteiger charge is -2.19. The van der Waals surface area contributed by atoms with Crippen molar-refractivity contribution in [3.63, 3.8) is 0 Å². The van der Waals surface area contributed by atoms with E-state index in [0.29, 0.717) is 41.3 Å². The highest BCUT2D eigenvalue weighted by Gasteiger charge is 2.16. The normalized spacial score (nSPS) is 12.5. The van der Waals surface area contributed by atoms with Crippen molar-refractivity contribution < 1.29 is 24.2 Å². The van der Waals surface area contributed by atoms with Crippen molar-refractivity contribution in [1.29, 1.82) is 0 Å². The number of ether oxygens (including phenoxy) is 2. The zero-order valence-corrected chi connectivity index (χ0v) is 15.5. The van der Waals surface area contributed by atoms with E-state index in [-0.39, 0.29) is 30.7 Å². The molecule has 0 saturated heterocycles. The monoisotopic (exact) mass is 392 g/mol. The fourth-order valence-corrected chi connectivity index (χ4v) is 3.27. The van der Waals surface area contributed by atoms with Crippen molar-refractivity contribution in [2.45, 2.75) is 18.3 Å². The minimum atomic E-state index is -0.242. The molecule has 0 saturated carbocycles. The number of likely N-dealkylation sites (N-methyl/N-ethyl adjacent to an activating group) is 1. The minimum absolute atomic E-state index is 0.0263. The van der Waals surface area contributed by atoms with E-state index in [2.05, 4.69) is 15.6 Å². The number of nitrogens with one attached hydrogen (secondary N) is 2. The van der Waals surface area contributed by atoms with Gasteiger partial charge in [0, 0.05) is 18.8 Å². The van der Waals surface area contributed by atoms with Gasteiger partial charge in [0.15, 0.2) is 16.7 Å². The number of anilines is 1. The SMILES string of the molecule is CNC(=O)Cn1c(CO)cnc1SCC(=O)Nc1ccc2c(c1)OCCO2. The molecule has 0 unspecified atom stereocenters. The number of benzene rings is 1. The van der Waals surface area contributed by atoms with Crippen LogP contribution >= 0.6 is 11.8 Å². The Kier molecular flexibility index (Phi) is 6.20. The van der Waals surface area contributed by atoms with E-state index in [1.54, 1.807) is 22.8 Å². The first kappa shape index (κ1) is 19.1. The molecule has 1 aromatic carbocycles. The van der Waals surface area contributed by atoms with Gasteiger partial charge in [-0.25, -0.2) is 4.98 Å².